The maximum atomic E-state index is 12.4. The summed E-state index contributed by atoms with van der Waals surface area (Å²) in [6.45, 7) is 6.31. The van der Waals surface area contributed by atoms with E-state index in [0.29, 0.717) is 24.3 Å². The van der Waals surface area contributed by atoms with Gasteiger partial charge < -0.3 is 10.2 Å². The van der Waals surface area contributed by atoms with E-state index in [0.717, 1.165) is 43.7 Å². The number of amides is 1. The molecule has 1 aliphatic heterocycles. The lowest BCUT2D eigenvalue weighted by Gasteiger charge is -2.15. The summed E-state index contributed by atoms with van der Waals surface area (Å²) < 4.78 is 0. The molecule has 22 heavy (non-hydrogen) atoms. The molecule has 1 fully saturated rings. The first kappa shape index (κ1) is 15.2. The number of hydrogen-bond acceptors (Lipinski definition) is 3. The Morgan fingerprint density at radius 1 is 1.36 bits per heavy atom. The molecule has 1 aliphatic carbocycles. The Hall–Kier alpha value is -1.68. The van der Waals surface area contributed by atoms with Crippen LogP contribution in [0, 0.1) is 5.92 Å². The lowest BCUT2D eigenvalue weighted by molar-refractivity contribution is 0.0945. The molecule has 0 radical (unpaired) electrons. The number of benzene rings is 1. The van der Waals surface area contributed by atoms with Gasteiger partial charge in [0.05, 0.1) is 0 Å². The molecular formula is C18H24N2O2. The van der Waals surface area contributed by atoms with Crippen molar-refractivity contribution in [3.8, 4) is 0 Å². The highest BCUT2D eigenvalue weighted by Crippen LogP contribution is 2.25. The van der Waals surface area contributed by atoms with Gasteiger partial charge in [-0.1, -0.05) is 19.1 Å². The third kappa shape index (κ3) is 3.07. The summed E-state index contributed by atoms with van der Waals surface area (Å²) in [7, 11) is 0. The fourth-order valence-electron chi connectivity index (χ4n) is 3.63. The quantitative estimate of drug-likeness (QED) is 0.907. The second-order valence-corrected chi connectivity index (χ2v) is 6.42. The van der Waals surface area contributed by atoms with E-state index in [1.807, 2.05) is 18.2 Å². The van der Waals surface area contributed by atoms with Gasteiger partial charge in [0.25, 0.3) is 5.91 Å². The standard InChI is InChI=1S/C18H24N2O2/c1-2-9-20-10-8-13(12-20)11-19-18(22)16-5-3-4-15-14(16)6-7-17(15)21/h3-5,13H,2,6-12H2,1H3,(H,19,22)/t13-/m0/s1. The van der Waals surface area contributed by atoms with Gasteiger partial charge in [-0.2, -0.15) is 0 Å². The number of Topliss-reactive ketones (excluding diaryl/α,β-unsaturated/α-hetero) is 1. The highest BCUT2D eigenvalue weighted by Gasteiger charge is 2.26. The Balaban J connectivity index is 1.59. The van der Waals surface area contributed by atoms with E-state index < -0.39 is 0 Å². The Morgan fingerprint density at radius 3 is 3.05 bits per heavy atom. The maximum absolute atomic E-state index is 12.4. The number of fused-ring (bicyclic) bond motifs is 1. The summed E-state index contributed by atoms with van der Waals surface area (Å²) in [6, 6.07) is 5.49. The zero-order valence-corrected chi connectivity index (χ0v) is 13.2. The average Bonchev–Trinajstić information content (AvgIpc) is 3.12. The van der Waals surface area contributed by atoms with Crippen LogP contribution in [0.4, 0.5) is 0 Å². The molecule has 1 aromatic rings. The van der Waals surface area contributed by atoms with E-state index in [9.17, 15) is 9.59 Å². The summed E-state index contributed by atoms with van der Waals surface area (Å²) in [5.74, 6) is 0.685. The predicted octanol–water partition coefficient (Wildman–Crippen LogP) is 2.28. The van der Waals surface area contributed by atoms with Crippen molar-refractivity contribution < 1.29 is 9.59 Å². The first-order chi connectivity index (χ1) is 10.7. The summed E-state index contributed by atoms with van der Waals surface area (Å²) >= 11 is 0. The molecule has 1 aromatic carbocycles. The summed E-state index contributed by atoms with van der Waals surface area (Å²) in [6.07, 6.45) is 3.58. The molecule has 1 N–H and O–H groups in total. The van der Waals surface area contributed by atoms with Crippen LogP contribution in [0.1, 0.15) is 52.5 Å². The van der Waals surface area contributed by atoms with Gasteiger partial charge in [-0.15, -0.1) is 0 Å². The largest absolute Gasteiger partial charge is 0.352 e. The van der Waals surface area contributed by atoms with Crippen molar-refractivity contribution >= 4 is 11.7 Å². The van der Waals surface area contributed by atoms with Gasteiger partial charge in [0.2, 0.25) is 0 Å². The van der Waals surface area contributed by atoms with Crippen molar-refractivity contribution in [2.75, 3.05) is 26.2 Å². The molecule has 0 aromatic heterocycles. The normalized spacial score (nSPS) is 21.1. The second kappa shape index (κ2) is 6.61. The van der Waals surface area contributed by atoms with E-state index >= 15 is 0 Å². The number of nitrogens with one attached hydrogen (secondary N) is 1. The second-order valence-electron chi connectivity index (χ2n) is 6.42. The van der Waals surface area contributed by atoms with Crippen LogP contribution < -0.4 is 5.32 Å². The lowest BCUT2D eigenvalue weighted by Crippen LogP contribution is -2.31. The fraction of sp³-hybridized carbons (Fsp3) is 0.556. The molecule has 118 valence electrons. The van der Waals surface area contributed by atoms with Gasteiger partial charge in [-0.05, 0) is 49.9 Å². The van der Waals surface area contributed by atoms with Crippen LogP contribution in [0.15, 0.2) is 18.2 Å². The van der Waals surface area contributed by atoms with Gasteiger partial charge in [0.15, 0.2) is 5.78 Å². The van der Waals surface area contributed by atoms with Crippen molar-refractivity contribution in [3.63, 3.8) is 0 Å². The molecule has 2 aliphatic rings. The highest BCUT2D eigenvalue weighted by atomic mass is 16.1. The molecule has 1 amide bonds. The number of rotatable bonds is 5. The van der Waals surface area contributed by atoms with Crippen LogP contribution in [0.2, 0.25) is 0 Å². The third-order valence-corrected chi connectivity index (χ3v) is 4.78. The minimum Gasteiger partial charge on any atom is -0.352 e. The van der Waals surface area contributed by atoms with Crippen LogP contribution >= 0.6 is 0 Å². The molecule has 0 unspecified atom stereocenters. The van der Waals surface area contributed by atoms with E-state index in [1.165, 1.54) is 6.42 Å². The zero-order chi connectivity index (χ0) is 15.5. The van der Waals surface area contributed by atoms with Gasteiger partial charge in [-0.3, -0.25) is 9.59 Å². The number of carbonyl (C=O) groups is 2. The molecular weight excluding hydrogens is 276 g/mol. The summed E-state index contributed by atoms with van der Waals surface area (Å²) in [4.78, 5) is 26.7. The molecule has 1 saturated heterocycles. The fourth-order valence-corrected chi connectivity index (χ4v) is 3.63. The maximum Gasteiger partial charge on any atom is 0.251 e. The smallest absolute Gasteiger partial charge is 0.251 e. The molecule has 1 atom stereocenters. The van der Waals surface area contributed by atoms with Crippen molar-refractivity contribution in [1.82, 2.24) is 10.2 Å². The molecule has 1 heterocycles. The first-order valence-electron chi connectivity index (χ1n) is 8.34. The molecule has 4 heteroatoms. The molecule has 0 spiro atoms. The summed E-state index contributed by atoms with van der Waals surface area (Å²) in [5.41, 5.74) is 2.36. The van der Waals surface area contributed by atoms with E-state index in [1.54, 1.807) is 0 Å². The predicted molar refractivity (Wildman–Crippen MR) is 86.3 cm³/mol. The number of ketones is 1. The molecule has 4 nitrogen and oxygen atoms in total. The highest BCUT2D eigenvalue weighted by molar-refractivity contribution is 6.05. The molecule has 0 saturated carbocycles. The lowest BCUT2D eigenvalue weighted by atomic mass is 10.0. The topological polar surface area (TPSA) is 49.4 Å². The molecule has 3 rings (SSSR count). The van der Waals surface area contributed by atoms with E-state index in [-0.39, 0.29) is 11.7 Å². The van der Waals surface area contributed by atoms with Crippen molar-refractivity contribution in [3.05, 3.63) is 34.9 Å². The SMILES string of the molecule is CCCN1CC[C@@H](CNC(=O)c2cccc3c2CCC3=O)C1. The molecule has 0 bridgehead atoms. The van der Waals surface area contributed by atoms with E-state index in [4.69, 9.17) is 0 Å². The average molecular weight is 300 g/mol. The van der Waals surface area contributed by atoms with Crippen LogP contribution in [0.3, 0.4) is 0 Å². The van der Waals surface area contributed by atoms with Gasteiger partial charge in [0, 0.05) is 30.6 Å². The van der Waals surface area contributed by atoms with E-state index in [2.05, 4.69) is 17.1 Å². The number of hydrogen-bond donors (Lipinski definition) is 1. The van der Waals surface area contributed by atoms with Gasteiger partial charge in [-0.25, -0.2) is 0 Å². The van der Waals surface area contributed by atoms with Crippen LogP contribution in [-0.4, -0.2) is 42.8 Å². The van der Waals surface area contributed by atoms with Crippen LogP contribution in [0.25, 0.3) is 0 Å². The third-order valence-electron chi connectivity index (χ3n) is 4.78. The Morgan fingerprint density at radius 2 is 2.23 bits per heavy atom. The Kier molecular flexibility index (Phi) is 4.57. The number of likely N-dealkylation sites (tertiary alicyclic amines) is 1. The Bertz CT molecular complexity index is 582. The van der Waals surface area contributed by atoms with Crippen molar-refractivity contribution in [2.24, 2.45) is 5.92 Å². The summed E-state index contributed by atoms with van der Waals surface area (Å²) in [5, 5.41) is 3.07. The number of carbonyl (C=O) groups excluding carboxylic acids is 2. The first-order valence-corrected chi connectivity index (χ1v) is 8.34. The van der Waals surface area contributed by atoms with Crippen LogP contribution in [0.5, 0.6) is 0 Å². The van der Waals surface area contributed by atoms with Gasteiger partial charge >= 0.3 is 0 Å². The monoisotopic (exact) mass is 300 g/mol. The zero-order valence-electron chi connectivity index (χ0n) is 13.2. The van der Waals surface area contributed by atoms with Gasteiger partial charge in [0.1, 0.15) is 0 Å². The van der Waals surface area contributed by atoms with Crippen molar-refractivity contribution in [2.45, 2.75) is 32.6 Å². The number of nitrogens with zero attached hydrogens (tertiary/aromatic N) is 1. The Labute approximate surface area is 131 Å². The van der Waals surface area contributed by atoms with Crippen molar-refractivity contribution in [1.29, 1.82) is 0 Å². The minimum absolute atomic E-state index is 0.0273. The van der Waals surface area contributed by atoms with Crippen LogP contribution in [-0.2, 0) is 6.42 Å². The minimum atomic E-state index is -0.0273.